The number of hydrogen-bond acceptors (Lipinski definition) is 4. The van der Waals surface area contributed by atoms with E-state index in [4.69, 9.17) is 4.74 Å². The zero-order chi connectivity index (χ0) is 22.4. The highest BCUT2D eigenvalue weighted by atomic mass is 16.5. The summed E-state index contributed by atoms with van der Waals surface area (Å²) in [5.74, 6) is -0.177. The summed E-state index contributed by atoms with van der Waals surface area (Å²) in [5, 5.41) is 2.79. The molecule has 1 atom stereocenters. The molecule has 1 aromatic rings. The summed E-state index contributed by atoms with van der Waals surface area (Å²) < 4.78 is 6.28. The van der Waals surface area contributed by atoms with Gasteiger partial charge in [0.05, 0.1) is 12.1 Å². The van der Waals surface area contributed by atoms with Gasteiger partial charge in [0.15, 0.2) is 0 Å². The van der Waals surface area contributed by atoms with Crippen LogP contribution < -0.4 is 10.2 Å². The lowest BCUT2D eigenvalue weighted by molar-refractivity contribution is -0.161. The molecule has 2 aliphatic rings. The van der Waals surface area contributed by atoms with E-state index in [2.05, 4.69) is 23.4 Å². The van der Waals surface area contributed by atoms with E-state index < -0.39 is 6.10 Å². The number of nitrogens with zero attached hydrogens (tertiary/aromatic N) is 2. The van der Waals surface area contributed by atoms with Crippen LogP contribution in [0.3, 0.4) is 0 Å². The number of anilines is 2. The summed E-state index contributed by atoms with van der Waals surface area (Å²) in [6.07, 6.45) is 7.89. The van der Waals surface area contributed by atoms with Crippen LogP contribution in [0.2, 0.25) is 0 Å². The third-order valence-electron chi connectivity index (χ3n) is 6.04. The van der Waals surface area contributed by atoms with Crippen LogP contribution in [0.5, 0.6) is 0 Å². The van der Waals surface area contributed by atoms with Crippen molar-refractivity contribution in [2.45, 2.75) is 44.8 Å². The van der Waals surface area contributed by atoms with Gasteiger partial charge in [0.25, 0.3) is 5.91 Å². The molecule has 1 N–H and O–H groups in total. The number of morpholine rings is 1. The molecular weight excluding hydrogens is 390 g/mol. The number of likely N-dealkylation sites (tertiary alicyclic amines) is 1. The number of carbonyl (C=O) groups is 2. The second-order valence-corrected chi connectivity index (χ2v) is 8.37. The monoisotopic (exact) mass is 423 g/mol. The van der Waals surface area contributed by atoms with Crippen LogP contribution in [-0.4, -0.2) is 54.6 Å². The number of rotatable bonds is 7. The topological polar surface area (TPSA) is 61.9 Å². The first-order chi connectivity index (χ1) is 14.9. The van der Waals surface area contributed by atoms with E-state index in [1.165, 1.54) is 12.5 Å². The lowest BCUT2D eigenvalue weighted by atomic mass is 9.88. The van der Waals surface area contributed by atoms with Crippen LogP contribution in [0.1, 0.15) is 33.1 Å². The average molecular weight is 424 g/mol. The van der Waals surface area contributed by atoms with Crippen molar-refractivity contribution >= 4 is 23.2 Å². The maximum Gasteiger partial charge on any atom is 0.255 e. The van der Waals surface area contributed by atoms with Crippen molar-refractivity contribution in [3.8, 4) is 0 Å². The van der Waals surface area contributed by atoms with Gasteiger partial charge in [0.2, 0.25) is 5.91 Å². The Morgan fingerprint density at radius 2 is 2.06 bits per heavy atom. The smallest absolute Gasteiger partial charge is 0.255 e. The second kappa shape index (κ2) is 10.1. The second-order valence-electron chi connectivity index (χ2n) is 8.37. The molecule has 0 radical (unpaired) electrons. The highest BCUT2D eigenvalue weighted by molar-refractivity contribution is 5.98. The molecule has 3 rings (SSSR count). The van der Waals surface area contributed by atoms with Crippen LogP contribution in [-0.2, 0) is 14.3 Å². The molecule has 6 nitrogen and oxygen atoms in total. The Morgan fingerprint density at radius 3 is 2.71 bits per heavy atom. The highest BCUT2D eigenvalue weighted by Gasteiger charge is 2.45. The number of allylic oxidation sites excluding steroid dienone is 3. The van der Waals surface area contributed by atoms with Gasteiger partial charge < -0.3 is 19.9 Å². The van der Waals surface area contributed by atoms with Crippen LogP contribution in [0.15, 0.2) is 61.2 Å². The van der Waals surface area contributed by atoms with Gasteiger partial charge in [-0.15, -0.1) is 0 Å². The summed E-state index contributed by atoms with van der Waals surface area (Å²) in [4.78, 5) is 28.6. The van der Waals surface area contributed by atoms with Crippen molar-refractivity contribution in [2.75, 3.05) is 36.4 Å². The lowest BCUT2D eigenvalue weighted by Gasteiger charge is -2.49. The number of hydrogen-bond donors (Lipinski definition) is 1. The summed E-state index contributed by atoms with van der Waals surface area (Å²) in [6.45, 7) is 14.3. The van der Waals surface area contributed by atoms with Gasteiger partial charge in [0.1, 0.15) is 6.10 Å². The Hall–Kier alpha value is -2.70. The molecule has 2 aliphatic heterocycles. The number of nitrogens with one attached hydrogen (secondary N) is 1. The van der Waals surface area contributed by atoms with E-state index in [1.807, 2.05) is 48.2 Å². The minimum absolute atomic E-state index is 0.0433. The Labute approximate surface area is 185 Å². The predicted molar refractivity (Wildman–Crippen MR) is 125 cm³/mol. The maximum absolute atomic E-state index is 12.9. The fraction of sp³-hybridized carbons (Fsp3) is 0.440. The third kappa shape index (κ3) is 5.71. The van der Waals surface area contributed by atoms with Crippen molar-refractivity contribution in [3.05, 3.63) is 61.2 Å². The summed E-state index contributed by atoms with van der Waals surface area (Å²) >= 11 is 0. The summed E-state index contributed by atoms with van der Waals surface area (Å²) in [6, 6.07) is 7.44. The van der Waals surface area contributed by atoms with Crippen LogP contribution >= 0.6 is 0 Å². The highest BCUT2D eigenvalue weighted by Crippen LogP contribution is 2.35. The number of piperidine rings is 1. The summed E-state index contributed by atoms with van der Waals surface area (Å²) in [7, 11) is 0. The van der Waals surface area contributed by atoms with E-state index in [0.717, 1.165) is 44.6 Å². The van der Waals surface area contributed by atoms with Gasteiger partial charge in [-0.3, -0.25) is 9.59 Å². The van der Waals surface area contributed by atoms with Gasteiger partial charge in [-0.25, -0.2) is 0 Å². The van der Waals surface area contributed by atoms with Crippen molar-refractivity contribution in [2.24, 2.45) is 0 Å². The first-order valence-electron chi connectivity index (χ1n) is 10.9. The van der Waals surface area contributed by atoms with Crippen molar-refractivity contribution in [3.63, 3.8) is 0 Å². The molecule has 0 aliphatic carbocycles. The molecule has 2 heterocycles. The lowest BCUT2D eigenvalue weighted by Crippen LogP contribution is -2.61. The first-order valence-corrected chi connectivity index (χ1v) is 10.9. The van der Waals surface area contributed by atoms with Gasteiger partial charge in [0, 0.05) is 37.9 Å². The van der Waals surface area contributed by atoms with E-state index >= 15 is 0 Å². The molecule has 166 valence electrons. The molecule has 0 saturated carbocycles. The molecule has 2 fully saturated rings. The van der Waals surface area contributed by atoms with Crippen molar-refractivity contribution in [1.82, 2.24) is 4.90 Å². The van der Waals surface area contributed by atoms with Gasteiger partial charge in [-0.05, 0) is 50.0 Å². The van der Waals surface area contributed by atoms with Crippen LogP contribution in [0.4, 0.5) is 11.4 Å². The Balaban J connectivity index is 1.68. The molecule has 1 unspecified atom stereocenters. The van der Waals surface area contributed by atoms with Gasteiger partial charge in [-0.2, -0.15) is 0 Å². The minimum Gasteiger partial charge on any atom is -0.360 e. The van der Waals surface area contributed by atoms with E-state index in [1.54, 1.807) is 6.08 Å². The molecule has 6 heteroatoms. The molecule has 2 amide bonds. The number of benzene rings is 1. The SMILES string of the molecule is C=C/C=C(\C=C)CCN1CCC2(CC1)CN(c1cccc(NC(C)=O)c1)C(=O)C(C)O2. The van der Waals surface area contributed by atoms with Crippen LogP contribution in [0, 0.1) is 0 Å². The van der Waals surface area contributed by atoms with Gasteiger partial charge in [-0.1, -0.05) is 37.5 Å². The largest absolute Gasteiger partial charge is 0.360 e. The number of carbonyl (C=O) groups excluding carboxylic acids is 2. The van der Waals surface area contributed by atoms with Crippen molar-refractivity contribution in [1.29, 1.82) is 0 Å². The zero-order valence-electron chi connectivity index (χ0n) is 18.6. The van der Waals surface area contributed by atoms with Crippen molar-refractivity contribution < 1.29 is 14.3 Å². The third-order valence-corrected chi connectivity index (χ3v) is 6.04. The first kappa shape index (κ1) is 23.0. The Kier molecular flexibility index (Phi) is 7.46. The fourth-order valence-electron chi connectivity index (χ4n) is 4.37. The quantitative estimate of drug-likeness (QED) is 0.676. The Bertz CT molecular complexity index is 869. The minimum atomic E-state index is -0.493. The van der Waals surface area contributed by atoms with E-state index in [-0.39, 0.29) is 17.4 Å². The Morgan fingerprint density at radius 1 is 1.32 bits per heavy atom. The predicted octanol–water partition coefficient (Wildman–Crippen LogP) is 3.92. The van der Waals surface area contributed by atoms with Crippen LogP contribution in [0.25, 0.3) is 0 Å². The molecule has 2 saturated heterocycles. The fourth-order valence-corrected chi connectivity index (χ4v) is 4.37. The number of ether oxygens (including phenoxy) is 1. The average Bonchev–Trinajstić information content (AvgIpc) is 2.75. The molecule has 0 bridgehead atoms. The molecule has 31 heavy (non-hydrogen) atoms. The van der Waals surface area contributed by atoms with E-state index in [0.29, 0.717) is 12.2 Å². The summed E-state index contributed by atoms with van der Waals surface area (Å²) in [5.41, 5.74) is 2.32. The normalized spacial score (nSPS) is 21.7. The molecule has 0 aromatic heterocycles. The standard InChI is InChI=1S/C25H33N3O3/c1-5-8-21(6-2)11-14-27-15-12-25(13-16-27)18-28(24(30)19(3)31-25)23-10-7-9-22(17-23)26-20(4)29/h5-10,17,19H,1-2,11-16,18H2,3-4H3,(H,26,29)/b21-8+. The van der Waals surface area contributed by atoms with E-state index in [9.17, 15) is 9.59 Å². The molecule has 1 aromatic carbocycles. The molecular formula is C25H33N3O3. The zero-order valence-corrected chi connectivity index (χ0v) is 18.6. The molecule has 1 spiro atoms. The maximum atomic E-state index is 12.9. The number of amides is 2. The van der Waals surface area contributed by atoms with Gasteiger partial charge >= 0.3 is 0 Å².